The Balaban J connectivity index is 0.00000112. The standard InChI is InChI=1S/C7H7N5OS.H3N/c1-3-2-4(14)12-7(9-3)10-6(11-12)5(8)13;/h2,14H,1H3,(H2,8,13);1H3. The molecule has 0 fully saturated rings. The van der Waals surface area contributed by atoms with Gasteiger partial charge in [-0.15, -0.1) is 17.7 Å². The van der Waals surface area contributed by atoms with Crippen molar-refractivity contribution < 1.29 is 4.79 Å². The number of carbonyl (C=O) groups is 1. The molecular formula is C7H10N6OS. The van der Waals surface area contributed by atoms with E-state index >= 15 is 0 Å². The number of amides is 1. The van der Waals surface area contributed by atoms with Gasteiger partial charge in [0.1, 0.15) is 5.03 Å². The van der Waals surface area contributed by atoms with Crippen LogP contribution in [0.3, 0.4) is 0 Å². The number of fused-ring (bicyclic) bond motifs is 1. The van der Waals surface area contributed by atoms with Gasteiger partial charge in [-0.25, -0.2) is 4.98 Å². The van der Waals surface area contributed by atoms with E-state index in [4.69, 9.17) is 5.73 Å². The second kappa shape index (κ2) is 3.83. The van der Waals surface area contributed by atoms with Crippen molar-refractivity contribution in [1.82, 2.24) is 25.7 Å². The summed E-state index contributed by atoms with van der Waals surface area (Å²) in [6.07, 6.45) is 0. The van der Waals surface area contributed by atoms with E-state index in [1.165, 1.54) is 4.52 Å². The molecule has 0 saturated carbocycles. The van der Waals surface area contributed by atoms with E-state index in [2.05, 4.69) is 27.7 Å². The molecule has 0 spiro atoms. The number of aromatic nitrogens is 4. The fraction of sp³-hybridized carbons (Fsp3) is 0.143. The average molecular weight is 226 g/mol. The fourth-order valence-corrected chi connectivity index (χ4v) is 1.39. The van der Waals surface area contributed by atoms with Gasteiger partial charge in [0.2, 0.25) is 5.82 Å². The highest BCUT2D eigenvalue weighted by Crippen LogP contribution is 2.09. The summed E-state index contributed by atoms with van der Waals surface area (Å²) in [6.45, 7) is 1.80. The summed E-state index contributed by atoms with van der Waals surface area (Å²) in [7, 11) is 0. The smallest absolute Gasteiger partial charge is 0.288 e. The van der Waals surface area contributed by atoms with Gasteiger partial charge in [-0.3, -0.25) is 4.79 Å². The lowest BCUT2D eigenvalue weighted by Gasteiger charge is -1.96. The third-order valence-corrected chi connectivity index (χ3v) is 1.96. The molecule has 2 aromatic heterocycles. The van der Waals surface area contributed by atoms with Gasteiger partial charge in [0.05, 0.1) is 0 Å². The van der Waals surface area contributed by atoms with Crippen LogP contribution in [0.1, 0.15) is 16.3 Å². The molecule has 1 amide bonds. The zero-order chi connectivity index (χ0) is 10.3. The maximum atomic E-state index is 10.8. The molecule has 0 aliphatic heterocycles. The Morgan fingerprint density at radius 1 is 1.53 bits per heavy atom. The Kier molecular flexibility index (Phi) is 2.91. The van der Waals surface area contributed by atoms with Gasteiger partial charge in [-0.2, -0.15) is 9.50 Å². The minimum Gasteiger partial charge on any atom is -0.363 e. The number of nitrogens with two attached hydrogens (primary N) is 1. The summed E-state index contributed by atoms with van der Waals surface area (Å²) < 4.78 is 1.36. The molecular weight excluding hydrogens is 216 g/mol. The van der Waals surface area contributed by atoms with Crippen LogP contribution in [-0.2, 0) is 0 Å². The van der Waals surface area contributed by atoms with Crippen LogP contribution in [0.5, 0.6) is 0 Å². The van der Waals surface area contributed by atoms with Crippen LogP contribution in [0.15, 0.2) is 11.1 Å². The number of primary amides is 1. The zero-order valence-corrected chi connectivity index (χ0v) is 8.90. The molecule has 5 N–H and O–H groups in total. The molecule has 2 aromatic rings. The van der Waals surface area contributed by atoms with E-state index in [0.29, 0.717) is 10.8 Å². The van der Waals surface area contributed by atoms with Crippen molar-refractivity contribution >= 4 is 24.3 Å². The molecule has 0 bridgehead atoms. The lowest BCUT2D eigenvalue weighted by atomic mass is 10.5. The number of nitrogens with zero attached hydrogens (tertiary/aromatic N) is 4. The number of hydrogen-bond donors (Lipinski definition) is 3. The lowest BCUT2D eigenvalue weighted by molar-refractivity contribution is 0.0990. The lowest BCUT2D eigenvalue weighted by Crippen LogP contribution is -2.13. The number of rotatable bonds is 1. The predicted molar refractivity (Wildman–Crippen MR) is 56.3 cm³/mol. The van der Waals surface area contributed by atoms with Crippen molar-refractivity contribution in [2.24, 2.45) is 5.73 Å². The third-order valence-electron chi connectivity index (χ3n) is 1.64. The molecule has 0 aliphatic rings. The van der Waals surface area contributed by atoms with Crippen molar-refractivity contribution in [2.75, 3.05) is 0 Å². The van der Waals surface area contributed by atoms with Crippen molar-refractivity contribution in [1.29, 1.82) is 0 Å². The summed E-state index contributed by atoms with van der Waals surface area (Å²) in [5.41, 5.74) is 5.79. The van der Waals surface area contributed by atoms with E-state index in [9.17, 15) is 4.79 Å². The van der Waals surface area contributed by atoms with Gasteiger partial charge < -0.3 is 11.9 Å². The minimum absolute atomic E-state index is 0. The first-order chi connectivity index (χ1) is 6.58. The van der Waals surface area contributed by atoms with E-state index in [1.807, 2.05) is 0 Å². The normalized spacial score (nSPS) is 10.0. The maximum absolute atomic E-state index is 10.8. The Hall–Kier alpha value is -1.67. The summed E-state index contributed by atoms with van der Waals surface area (Å²) in [5.74, 6) is -0.414. The van der Waals surface area contributed by atoms with Crippen molar-refractivity contribution in [3.05, 3.63) is 17.6 Å². The SMILES string of the molecule is Cc1cc(S)n2nc(C(N)=O)nc2n1.N. The van der Waals surface area contributed by atoms with Crippen LogP contribution in [0.25, 0.3) is 5.78 Å². The first-order valence-corrected chi connectivity index (χ1v) is 4.26. The molecule has 0 radical (unpaired) electrons. The van der Waals surface area contributed by atoms with Crippen LogP contribution < -0.4 is 11.9 Å². The summed E-state index contributed by atoms with van der Waals surface area (Å²) >= 11 is 4.17. The van der Waals surface area contributed by atoms with Gasteiger partial charge in [0.15, 0.2) is 0 Å². The van der Waals surface area contributed by atoms with E-state index < -0.39 is 5.91 Å². The van der Waals surface area contributed by atoms with Crippen molar-refractivity contribution in [3.63, 3.8) is 0 Å². The largest absolute Gasteiger partial charge is 0.363 e. The highest BCUT2D eigenvalue weighted by atomic mass is 32.1. The Bertz CT molecular complexity index is 521. The molecule has 8 heteroatoms. The van der Waals surface area contributed by atoms with E-state index in [0.717, 1.165) is 5.69 Å². The van der Waals surface area contributed by atoms with Gasteiger partial charge in [0.25, 0.3) is 11.7 Å². The second-order valence-corrected chi connectivity index (χ2v) is 3.23. The molecule has 0 saturated heterocycles. The van der Waals surface area contributed by atoms with Crippen LogP contribution in [0.2, 0.25) is 0 Å². The van der Waals surface area contributed by atoms with Crippen molar-refractivity contribution in [2.45, 2.75) is 11.9 Å². The third kappa shape index (κ3) is 1.90. The van der Waals surface area contributed by atoms with Gasteiger partial charge >= 0.3 is 0 Å². The van der Waals surface area contributed by atoms with Crippen LogP contribution >= 0.6 is 12.6 Å². The number of hydrogen-bond acceptors (Lipinski definition) is 6. The molecule has 2 rings (SSSR count). The Morgan fingerprint density at radius 3 is 2.80 bits per heavy atom. The molecule has 2 heterocycles. The fourth-order valence-electron chi connectivity index (χ4n) is 1.07. The highest BCUT2D eigenvalue weighted by molar-refractivity contribution is 7.80. The van der Waals surface area contributed by atoms with Crippen LogP contribution in [0.4, 0.5) is 0 Å². The quantitative estimate of drug-likeness (QED) is 0.466. The molecule has 0 aliphatic carbocycles. The van der Waals surface area contributed by atoms with E-state index in [-0.39, 0.29) is 12.0 Å². The summed E-state index contributed by atoms with van der Waals surface area (Å²) in [5, 5.41) is 4.41. The number of thiol groups is 1. The van der Waals surface area contributed by atoms with Gasteiger partial charge in [-0.1, -0.05) is 0 Å². The Labute approximate surface area is 90.7 Å². The summed E-state index contributed by atoms with van der Waals surface area (Å²) in [6, 6.07) is 1.72. The monoisotopic (exact) mass is 226 g/mol. The predicted octanol–water partition coefficient (Wildman–Crippen LogP) is -0.0177. The molecule has 80 valence electrons. The number of carbonyl (C=O) groups excluding carboxylic acids is 1. The highest BCUT2D eigenvalue weighted by Gasteiger charge is 2.11. The second-order valence-electron chi connectivity index (χ2n) is 2.77. The first kappa shape index (κ1) is 11.4. The van der Waals surface area contributed by atoms with E-state index in [1.54, 1.807) is 13.0 Å². The minimum atomic E-state index is -0.680. The molecule has 0 aromatic carbocycles. The van der Waals surface area contributed by atoms with Gasteiger partial charge in [0, 0.05) is 5.69 Å². The van der Waals surface area contributed by atoms with Crippen LogP contribution in [0, 0.1) is 6.92 Å². The molecule has 7 nitrogen and oxygen atoms in total. The van der Waals surface area contributed by atoms with Crippen LogP contribution in [-0.4, -0.2) is 25.5 Å². The zero-order valence-electron chi connectivity index (χ0n) is 8.01. The first-order valence-electron chi connectivity index (χ1n) is 3.81. The molecule has 0 unspecified atom stereocenters. The topological polar surface area (TPSA) is 121 Å². The number of aryl methyl sites for hydroxylation is 1. The van der Waals surface area contributed by atoms with Crippen molar-refractivity contribution in [3.8, 4) is 0 Å². The average Bonchev–Trinajstić information content (AvgIpc) is 2.47. The Morgan fingerprint density at radius 2 is 2.20 bits per heavy atom. The summed E-state index contributed by atoms with van der Waals surface area (Å²) in [4.78, 5) is 18.7. The molecule has 15 heavy (non-hydrogen) atoms. The maximum Gasteiger partial charge on any atom is 0.288 e. The molecule has 0 atom stereocenters. The van der Waals surface area contributed by atoms with Gasteiger partial charge in [-0.05, 0) is 13.0 Å².